The molecule has 0 unspecified atom stereocenters. The third kappa shape index (κ3) is 11.7. The monoisotopic (exact) mass is 1190 g/mol. The molecule has 0 aliphatic heterocycles. The molecule has 0 bridgehead atoms. The third-order valence-electron chi connectivity index (χ3n) is 18.0. The lowest BCUT2D eigenvalue weighted by atomic mass is 9.85. The van der Waals surface area contributed by atoms with Gasteiger partial charge < -0.3 is 13.9 Å². The van der Waals surface area contributed by atoms with Crippen LogP contribution in [0.4, 0.5) is 0 Å². The molecule has 0 atom stereocenters. The van der Waals surface area contributed by atoms with Gasteiger partial charge in [0.25, 0.3) is 0 Å². The van der Waals surface area contributed by atoms with Gasteiger partial charge in [-0.2, -0.15) is 0 Å². The van der Waals surface area contributed by atoms with Gasteiger partial charge in [-0.1, -0.05) is 233 Å². The molecule has 12 aromatic carbocycles. The van der Waals surface area contributed by atoms with Gasteiger partial charge in [0, 0.05) is 23.0 Å². The number of hydrogen-bond acceptors (Lipinski definition) is 2. The summed E-state index contributed by atoms with van der Waals surface area (Å²) in [6, 6.07) is 110. The van der Waals surface area contributed by atoms with Crippen molar-refractivity contribution >= 4 is 32.8 Å². The average Bonchev–Trinajstić information content (AvgIpc) is 1.58. The zero-order valence-electron chi connectivity index (χ0n) is 52.2. The number of nitrogens with zero attached hydrogens (tertiary/aromatic N) is 4. The average molecular weight is 1190 g/mol. The zero-order valence-corrected chi connectivity index (χ0v) is 52.2. The van der Waals surface area contributed by atoms with Crippen LogP contribution >= 0.6 is 0 Å². The Morgan fingerprint density at radius 2 is 0.902 bits per heavy atom. The molecule has 0 aliphatic rings. The number of para-hydroxylation sites is 2. The summed E-state index contributed by atoms with van der Waals surface area (Å²) in [5, 5.41) is 2.30. The summed E-state index contributed by atoms with van der Waals surface area (Å²) >= 11 is 0. The topological polar surface area (TPSA) is 35.9 Å². The number of ether oxygens (including phenoxy) is 1. The lowest BCUT2D eigenvalue weighted by Crippen LogP contribution is -2.32. The van der Waals surface area contributed by atoms with Gasteiger partial charge in [-0.15, -0.1) is 0 Å². The Bertz CT molecular complexity index is 4860. The molecule has 0 spiro atoms. The number of hydrogen-bond donors (Lipinski definition) is 0. The van der Waals surface area contributed by atoms with Crippen LogP contribution in [0.2, 0.25) is 0 Å². The first-order chi connectivity index (χ1) is 45.2. The van der Waals surface area contributed by atoms with Crippen molar-refractivity contribution < 1.29 is 9.30 Å². The minimum absolute atomic E-state index is 0.0456. The summed E-state index contributed by atoms with van der Waals surface area (Å²) in [6.07, 6.45) is 9.68. The molecule has 15 rings (SSSR count). The molecule has 0 saturated carbocycles. The van der Waals surface area contributed by atoms with Gasteiger partial charge in [0.05, 0.1) is 34.3 Å². The van der Waals surface area contributed by atoms with E-state index in [0.717, 1.165) is 88.1 Å². The lowest BCUT2D eigenvalue weighted by molar-refractivity contribution is -0.676. The molecule has 3 heterocycles. The Labute approximate surface area is 539 Å². The number of benzene rings is 12. The molecule has 0 saturated heterocycles. The molecule has 5 nitrogen and oxygen atoms in total. The second kappa shape index (κ2) is 25.0. The molecule has 3 aromatic heterocycles. The molecule has 0 radical (unpaired) electrons. The number of unbranched alkanes of at least 4 members (excludes halogenated alkanes) is 2. The Morgan fingerprint density at radius 1 is 0.380 bits per heavy atom. The maximum atomic E-state index is 6.86. The maximum Gasteiger partial charge on any atom is 0.244 e. The quantitative estimate of drug-likeness (QED) is 0.0517. The fraction of sp³-hybridized carbons (Fsp3) is 0.103. The lowest BCUT2D eigenvalue weighted by Gasteiger charge is -2.20. The summed E-state index contributed by atoms with van der Waals surface area (Å²) in [4.78, 5) is 4.98. The highest BCUT2D eigenvalue weighted by Gasteiger charge is 2.21. The van der Waals surface area contributed by atoms with E-state index in [2.05, 4.69) is 338 Å². The highest BCUT2D eigenvalue weighted by Crippen LogP contribution is 2.42. The smallest absolute Gasteiger partial charge is 0.244 e. The molecule has 0 amide bonds. The van der Waals surface area contributed by atoms with Crippen LogP contribution in [0.25, 0.3) is 122 Å². The molecule has 92 heavy (non-hydrogen) atoms. The van der Waals surface area contributed by atoms with Crippen molar-refractivity contribution in [1.29, 1.82) is 0 Å². The zero-order chi connectivity index (χ0) is 62.0. The predicted molar refractivity (Wildman–Crippen MR) is 382 cm³/mol. The van der Waals surface area contributed by atoms with Gasteiger partial charge in [-0.25, -0.2) is 4.98 Å². The highest BCUT2D eigenvalue weighted by molar-refractivity contribution is 6.11. The van der Waals surface area contributed by atoms with E-state index in [1.807, 2.05) is 12.3 Å². The van der Waals surface area contributed by atoms with Crippen LogP contribution in [-0.2, 0) is 18.4 Å². The molecule has 0 aliphatic carbocycles. The van der Waals surface area contributed by atoms with E-state index in [9.17, 15) is 0 Å². The molecule has 15 aromatic rings. The molecular formula is C87H70N4O. The molecule has 0 fully saturated rings. The maximum absolute atomic E-state index is 6.86. The van der Waals surface area contributed by atoms with Crippen LogP contribution in [0.5, 0.6) is 11.5 Å². The van der Waals surface area contributed by atoms with Gasteiger partial charge in [0.15, 0.2) is 0 Å². The van der Waals surface area contributed by atoms with Gasteiger partial charge >= 0.3 is 0 Å². The van der Waals surface area contributed by atoms with Crippen molar-refractivity contribution in [3.05, 3.63) is 327 Å². The minimum atomic E-state index is -0.0456. The SMILES string of the molecule is CC(C)(C)c1ccnc(-n2c3ccc(-c4ccccc4)cc3c3ccc(Oc4cccc(-n5[c-][n+](CCCCCc6c(-c7cc(-c8ccccc8)cc(-c8ccccc8)c7)cccc6-c6cc(-c7ccccc7)cc(-c7ccccc7)c6)c6ccccc65)c4)cc32)c1. The largest absolute Gasteiger partial charge is 0.458 e. The van der Waals surface area contributed by atoms with E-state index in [-0.39, 0.29) is 5.41 Å². The van der Waals surface area contributed by atoms with Crippen LogP contribution < -0.4 is 9.30 Å². The van der Waals surface area contributed by atoms with Gasteiger partial charge in [0.2, 0.25) is 6.33 Å². The molecule has 0 N–H and O–H groups in total. The summed E-state index contributed by atoms with van der Waals surface area (Å²) < 4.78 is 13.6. The van der Waals surface area contributed by atoms with Crippen molar-refractivity contribution in [3.8, 4) is 101 Å². The van der Waals surface area contributed by atoms with Crippen molar-refractivity contribution in [2.45, 2.75) is 58.4 Å². The van der Waals surface area contributed by atoms with Crippen molar-refractivity contribution in [1.82, 2.24) is 14.1 Å². The normalized spacial score (nSPS) is 11.6. The Balaban J connectivity index is 0.736. The van der Waals surface area contributed by atoms with E-state index < -0.39 is 0 Å². The highest BCUT2D eigenvalue weighted by atomic mass is 16.5. The van der Waals surface area contributed by atoms with E-state index in [4.69, 9.17) is 9.72 Å². The molecule has 444 valence electrons. The number of pyridine rings is 1. The second-order valence-corrected chi connectivity index (χ2v) is 25.1. The molecule has 5 heteroatoms. The fourth-order valence-electron chi connectivity index (χ4n) is 13.3. The van der Waals surface area contributed by atoms with Crippen LogP contribution in [0.15, 0.2) is 310 Å². The summed E-state index contributed by atoms with van der Waals surface area (Å²) in [5.41, 5.74) is 24.8. The number of aryl methyl sites for hydroxylation is 1. The first kappa shape index (κ1) is 57.3. The summed E-state index contributed by atoms with van der Waals surface area (Å²) in [5.74, 6) is 2.37. The first-order valence-corrected chi connectivity index (χ1v) is 32.2. The number of rotatable bonds is 17. The number of fused-ring (bicyclic) bond motifs is 4. The third-order valence-corrected chi connectivity index (χ3v) is 18.0. The second-order valence-electron chi connectivity index (χ2n) is 25.1. The molecular weight excluding hydrogens is 1120 g/mol. The van der Waals surface area contributed by atoms with Crippen LogP contribution in [0, 0.1) is 6.33 Å². The van der Waals surface area contributed by atoms with Gasteiger partial charge in [0.1, 0.15) is 17.3 Å². The Morgan fingerprint density at radius 3 is 1.48 bits per heavy atom. The van der Waals surface area contributed by atoms with E-state index >= 15 is 0 Å². The standard InChI is InChI=1S/C87H70N4O/c1-87(2,3)73-47-48-88-86(57-73)91-82-46-43-66(61-26-10-4-11-27-61)56-81(82)80-45-44-76(59-85(80)91)92-75-37-24-36-74(58-75)90-60-89(83-41-21-22-42-84(83)90)49-23-9-20-38-79-77(71-52-67(62-28-12-5-13-29-62)50-68(53-71)63-30-14-6-15-31-63)39-25-40-78(79)72-54-69(64-32-16-7-17-33-64)51-70(55-72)65-34-18-8-19-35-65/h4-8,10-19,21-22,24-37,39-48,50-59H,9,20,23,38,49H2,1-3H3. The summed E-state index contributed by atoms with van der Waals surface area (Å²) in [7, 11) is 0. The van der Waals surface area contributed by atoms with Crippen molar-refractivity contribution in [2.24, 2.45) is 0 Å². The number of aromatic nitrogens is 4. The first-order valence-electron chi connectivity index (χ1n) is 32.2. The van der Waals surface area contributed by atoms with E-state index in [0.29, 0.717) is 0 Å². The van der Waals surface area contributed by atoms with Crippen LogP contribution in [0.3, 0.4) is 0 Å². The van der Waals surface area contributed by atoms with Crippen molar-refractivity contribution in [2.75, 3.05) is 0 Å². The summed E-state index contributed by atoms with van der Waals surface area (Å²) in [6.45, 7) is 7.57. The van der Waals surface area contributed by atoms with Crippen LogP contribution in [0.1, 0.15) is 51.2 Å². The van der Waals surface area contributed by atoms with E-state index in [1.165, 1.54) is 89.0 Å². The fourth-order valence-corrected chi connectivity index (χ4v) is 13.3. The predicted octanol–water partition coefficient (Wildman–Crippen LogP) is 22.4. The Hall–Kier alpha value is -11.1. The minimum Gasteiger partial charge on any atom is -0.458 e. The van der Waals surface area contributed by atoms with Gasteiger partial charge in [-0.3, -0.25) is 4.57 Å². The van der Waals surface area contributed by atoms with Crippen molar-refractivity contribution in [3.63, 3.8) is 0 Å². The number of imidazole rings is 1. The van der Waals surface area contributed by atoms with Crippen LogP contribution in [-0.4, -0.2) is 14.1 Å². The van der Waals surface area contributed by atoms with Gasteiger partial charge in [-0.05, 0) is 205 Å². The van der Waals surface area contributed by atoms with E-state index in [1.54, 1.807) is 0 Å². The Kier molecular flexibility index (Phi) is 15.6.